The van der Waals surface area contributed by atoms with Gasteiger partial charge in [-0.1, -0.05) is 6.07 Å². The van der Waals surface area contributed by atoms with Gasteiger partial charge in [-0.2, -0.15) is 13.7 Å². The molecule has 1 aromatic rings. The summed E-state index contributed by atoms with van der Waals surface area (Å²) >= 11 is 0. The minimum absolute atomic E-state index is 0. The molecule has 0 aliphatic rings. The van der Waals surface area contributed by atoms with Crippen LogP contribution in [0.5, 0.6) is 0 Å². The fourth-order valence-corrected chi connectivity index (χ4v) is 1.25. The fourth-order valence-electron chi connectivity index (χ4n) is 0.726. The summed E-state index contributed by atoms with van der Waals surface area (Å²) in [7, 11) is -4.19. The van der Waals surface area contributed by atoms with Crippen LogP contribution in [0.25, 0.3) is 0 Å². The van der Waals surface area contributed by atoms with Crippen LogP contribution in [0.3, 0.4) is 0 Å². The molecule has 0 radical (unpaired) electrons. The first-order valence-electron chi connectivity index (χ1n) is 3.02. The summed E-state index contributed by atoms with van der Waals surface area (Å²) in [5.41, 5.74) is 0.199. The predicted molar refractivity (Wildman–Crippen MR) is 48.2 cm³/mol. The normalized spacial score (nSPS) is 9.85. The fraction of sp³-hybridized carbons (Fsp3) is 0. The molecule has 1 rings (SSSR count). The molecule has 0 spiro atoms. The van der Waals surface area contributed by atoms with Gasteiger partial charge in [-0.25, -0.2) is 0 Å². The van der Waals surface area contributed by atoms with Crippen LogP contribution in [0.15, 0.2) is 29.2 Å². The third kappa shape index (κ3) is 3.03. The van der Waals surface area contributed by atoms with Gasteiger partial charge in [0.2, 0.25) is 0 Å². The van der Waals surface area contributed by atoms with E-state index >= 15 is 0 Å². The number of nitrogens with zero attached hydrogens (tertiary/aromatic N) is 1. The standard InChI is InChI=1S/C7H5NO3S.ClH/c8-5-6-2-1-3-7(4-6)12(9,10)11;/h1-4H,(H,9,10,11);1H. The topological polar surface area (TPSA) is 78.2 Å². The van der Waals surface area contributed by atoms with Crippen molar-refractivity contribution in [1.29, 1.82) is 5.26 Å². The molecular weight excluding hydrogens is 214 g/mol. The quantitative estimate of drug-likeness (QED) is 0.721. The van der Waals surface area contributed by atoms with Crippen LogP contribution in [0.4, 0.5) is 0 Å². The maximum atomic E-state index is 10.5. The van der Waals surface area contributed by atoms with E-state index in [4.69, 9.17) is 9.81 Å². The van der Waals surface area contributed by atoms with Crippen molar-refractivity contribution in [1.82, 2.24) is 0 Å². The van der Waals surface area contributed by atoms with Crippen LogP contribution in [-0.4, -0.2) is 13.0 Å². The summed E-state index contributed by atoms with van der Waals surface area (Å²) in [6, 6.07) is 6.93. The third-order valence-electron chi connectivity index (χ3n) is 1.26. The van der Waals surface area contributed by atoms with Crippen LogP contribution in [0, 0.1) is 11.3 Å². The van der Waals surface area contributed by atoms with Crippen molar-refractivity contribution in [3.8, 4) is 6.07 Å². The van der Waals surface area contributed by atoms with Crippen molar-refractivity contribution >= 4 is 22.5 Å². The first-order valence-corrected chi connectivity index (χ1v) is 4.46. The highest BCUT2D eigenvalue weighted by molar-refractivity contribution is 7.85. The monoisotopic (exact) mass is 219 g/mol. The van der Waals surface area contributed by atoms with E-state index in [2.05, 4.69) is 0 Å². The highest BCUT2D eigenvalue weighted by Crippen LogP contribution is 2.09. The second-order valence-corrected chi connectivity index (χ2v) is 3.54. The van der Waals surface area contributed by atoms with Gasteiger partial charge < -0.3 is 0 Å². The zero-order valence-electron chi connectivity index (χ0n) is 6.34. The molecule has 0 aliphatic heterocycles. The number of benzene rings is 1. The van der Waals surface area contributed by atoms with Crippen LogP contribution < -0.4 is 0 Å². The van der Waals surface area contributed by atoms with E-state index in [0.717, 1.165) is 6.07 Å². The first-order chi connectivity index (χ1) is 5.54. The Morgan fingerprint density at radius 2 is 2.00 bits per heavy atom. The highest BCUT2D eigenvalue weighted by Gasteiger charge is 2.08. The SMILES string of the molecule is Cl.N#Cc1cccc(S(=O)(=O)O)c1. The Bertz CT molecular complexity index is 435. The number of hydrogen-bond acceptors (Lipinski definition) is 3. The Morgan fingerprint density at radius 1 is 1.38 bits per heavy atom. The summed E-state index contributed by atoms with van der Waals surface area (Å²) < 4.78 is 29.7. The van der Waals surface area contributed by atoms with Crippen molar-refractivity contribution in [2.24, 2.45) is 0 Å². The van der Waals surface area contributed by atoms with Crippen molar-refractivity contribution in [2.75, 3.05) is 0 Å². The van der Waals surface area contributed by atoms with Crippen molar-refractivity contribution in [3.63, 3.8) is 0 Å². The zero-order valence-corrected chi connectivity index (χ0v) is 7.97. The van der Waals surface area contributed by atoms with Gasteiger partial charge in [0.1, 0.15) is 0 Å². The van der Waals surface area contributed by atoms with Crippen LogP contribution in [0.1, 0.15) is 5.56 Å². The molecule has 0 heterocycles. The Balaban J connectivity index is 0.00000144. The molecule has 0 amide bonds. The molecule has 0 saturated carbocycles. The molecule has 0 unspecified atom stereocenters. The van der Waals surface area contributed by atoms with Crippen LogP contribution in [0.2, 0.25) is 0 Å². The number of hydrogen-bond donors (Lipinski definition) is 1. The molecule has 0 bridgehead atoms. The van der Waals surface area contributed by atoms with Crippen LogP contribution in [-0.2, 0) is 10.1 Å². The summed E-state index contributed by atoms with van der Waals surface area (Å²) in [5, 5.41) is 8.40. The van der Waals surface area contributed by atoms with Gasteiger partial charge in [0.05, 0.1) is 16.5 Å². The third-order valence-corrected chi connectivity index (χ3v) is 2.11. The van der Waals surface area contributed by atoms with Crippen molar-refractivity contribution in [2.45, 2.75) is 4.90 Å². The Morgan fingerprint density at radius 3 is 2.46 bits per heavy atom. The van der Waals surface area contributed by atoms with Gasteiger partial charge in [0.25, 0.3) is 10.1 Å². The molecule has 70 valence electrons. The lowest BCUT2D eigenvalue weighted by Crippen LogP contribution is -1.97. The molecular formula is C7H6ClNO3S. The lowest BCUT2D eigenvalue weighted by atomic mass is 10.2. The molecule has 6 heteroatoms. The molecule has 0 saturated heterocycles. The Hall–Kier alpha value is -1.09. The summed E-state index contributed by atoms with van der Waals surface area (Å²) in [6.45, 7) is 0. The molecule has 13 heavy (non-hydrogen) atoms. The smallest absolute Gasteiger partial charge is 0.282 e. The molecule has 1 aromatic carbocycles. The molecule has 0 aromatic heterocycles. The molecule has 0 atom stereocenters. The average molecular weight is 220 g/mol. The van der Waals surface area contributed by atoms with E-state index in [9.17, 15) is 8.42 Å². The number of halogens is 1. The van der Waals surface area contributed by atoms with Gasteiger partial charge in [0, 0.05) is 0 Å². The van der Waals surface area contributed by atoms with Gasteiger partial charge in [-0.3, -0.25) is 4.55 Å². The Kier molecular flexibility index (Phi) is 3.88. The van der Waals surface area contributed by atoms with E-state index in [1.807, 2.05) is 0 Å². The van der Waals surface area contributed by atoms with Crippen molar-refractivity contribution in [3.05, 3.63) is 29.8 Å². The predicted octanol–water partition coefficient (Wildman–Crippen LogP) is 1.23. The summed E-state index contributed by atoms with van der Waals surface area (Å²) in [4.78, 5) is -0.262. The molecule has 0 aliphatic carbocycles. The minimum Gasteiger partial charge on any atom is -0.282 e. The first kappa shape index (κ1) is 11.9. The largest absolute Gasteiger partial charge is 0.294 e. The maximum Gasteiger partial charge on any atom is 0.294 e. The van der Waals surface area contributed by atoms with E-state index < -0.39 is 10.1 Å². The molecule has 1 N–H and O–H groups in total. The van der Waals surface area contributed by atoms with E-state index in [1.54, 1.807) is 6.07 Å². The lowest BCUT2D eigenvalue weighted by Gasteiger charge is -1.95. The zero-order chi connectivity index (χ0) is 9.19. The molecule has 4 nitrogen and oxygen atoms in total. The van der Waals surface area contributed by atoms with Gasteiger partial charge >= 0.3 is 0 Å². The molecule has 0 fully saturated rings. The van der Waals surface area contributed by atoms with E-state index in [1.165, 1.54) is 18.2 Å². The van der Waals surface area contributed by atoms with Gasteiger partial charge in [-0.15, -0.1) is 12.4 Å². The van der Waals surface area contributed by atoms with E-state index in [-0.39, 0.29) is 22.9 Å². The van der Waals surface area contributed by atoms with E-state index in [0.29, 0.717) is 0 Å². The second kappa shape index (κ2) is 4.23. The van der Waals surface area contributed by atoms with Crippen LogP contribution >= 0.6 is 12.4 Å². The van der Waals surface area contributed by atoms with Gasteiger partial charge in [0.15, 0.2) is 0 Å². The average Bonchev–Trinajstić information content (AvgIpc) is 2.03. The maximum absolute atomic E-state index is 10.5. The van der Waals surface area contributed by atoms with Gasteiger partial charge in [-0.05, 0) is 18.2 Å². The minimum atomic E-state index is -4.19. The summed E-state index contributed by atoms with van der Waals surface area (Å²) in [6.07, 6.45) is 0. The number of rotatable bonds is 1. The highest BCUT2D eigenvalue weighted by atomic mass is 35.5. The second-order valence-electron chi connectivity index (χ2n) is 2.11. The number of nitriles is 1. The summed E-state index contributed by atoms with van der Waals surface area (Å²) in [5.74, 6) is 0. The van der Waals surface area contributed by atoms with Crippen molar-refractivity contribution < 1.29 is 13.0 Å². The Labute approximate surface area is 82.0 Å². The lowest BCUT2D eigenvalue weighted by molar-refractivity contribution is 0.483.